The van der Waals surface area contributed by atoms with Gasteiger partial charge in [-0.3, -0.25) is 14.4 Å². The molecule has 1 aliphatic rings. The van der Waals surface area contributed by atoms with Crippen LogP contribution in [0.5, 0.6) is 0 Å². The van der Waals surface area contributed by atoms with Crippen molar-refractivity contribution in [2.75, 3.05) is 10.6 Å². The first-order chi connectivity index (χ1) is 12.0. The van der Waals surface area contributed by atoms with E-state index in [2.05, 4.69) is 15.7 Å². The molecule has 1 heterocycles. The average Bonchev–Trinajstić information content (AvgIpc) is 2.55. The van der Waals surface area contributed by atoms with Crippen molar-refractivity contribution in [3.05, 3.63) is 51.9 Å². The number of amides is 2. The number of nitrogens with one attached hydrogen (secondary N) is 2. The van der Waals surface area contributed by atoms with Crippen LogP contribution in [0.15, 0.2) is 35.1 Å². The van der Waals surface area contributed by atoms with Crippen LogP contribution in [-0.2, 0) is 29.0 Å². The molecule has 0 saturated carbocycles. The Morgan fingerprint density at radius 1 is 1.12 bits per heavy atom. The highest BCUT2D eigenvalue weighted by atomic mass is 16.2. The lowest BCUT2D eigenvalue weighted by molar-refractivity contribution is -0.117. The zero-order valence-corrected chi connectivity index (χ0v) is 14.0. The van der Waals surface area contributed by atoms with Crippen molar-refractivity contribution in [3.63, 3.8) is 0 Å². The molecule has 0 saturated heterocycles. The molecule has 2 N–H and O–H groups in total. The molecular weight excluding hydrogens is 320 g/mol. The summed E-state index contributed by atoms with van der Waals surface area (Å²) in [6, 6.07) is 8.41. The predicted molar refractivity (Wildman–Crippen MR) is 94.5 cm³/mol. The molecular formula is C18H20N4O3. The third-order valence-electron chi connectivity index (χ3n) is 4.03. The third kappa shape index (κ3) is 4.32. The average molecular weight is 340 g/mol. The number of aromatic nitrogens is 2. The molecule has 0 fully saturated rings. The van der Waals surface area contributed by atoms with Crippen molar-refractivity contribution in [1.82, 2.24) is 9.78 Å². The fourth-order valence-electron chi connectivity index (χ4n) is 2.93. The first-order valence-corrected chi connectivity index (χ1v) is 8.29. The molecule has 0 radical (unpaired) electrons. The topological polar surface area (TPSA) is 93.1 Å². The van der Waals surface area contributed by atoms with Gasteiger partial charge in [-0.1, -0.05) is 6.07 Å². The van der Waals surface area contributed by atoms with Crippen molar-refractivity contribution < 1.29 is 9.59 Å². The SMILES string of the molecule is CC(=O)Nc1cccc(NC(=O)Cn2nc3c(cc2=O)CCCC3)c1. The highest BCUT2D eigenvalue weighted by Crippen LogP contribution is 2.17. The molecule has 7 heteroatoms. The standard InChI is InChI=1S/C18H20N4O3/c1-12(23)19-14-6-4-7-15(10-14)20-17(24)11-22-18(25)9-13-5-2-3-8-16(13)21-22/h4,6-7,9-10H,2-3,5,8,11H2,1H3,(H,19,23)(H,20,24). The van der Waals surface area contributed by atoms with Gasteiger partial charge in [0.2, 0.25) is 11.8 Å². The molecule has 1 aromatic carbocycles. The van der Waals surface area contributed by atoms with Crippen molar-refractivity contribution in [3.8, 4) is 0 Å². The lowest BCUT2D eigenvalue weighted by Gasteiger charge is -2.15. The van der Waals surface area contributed by atoms with Gasteiger partial charge < -0.3 is 10.6 Å². The molecule has 2 amide bonds. The molecule has 0 atom stereocenters. The number of anilines is 2. The molecule has 25 heavy (non-hydrogen) atoms. The maximum Gasteiger partial charge on any atom is 0.267 e. The largest absolute Gasteiger partial charge is 0.326 e. The Morgan fingerprint density at radius 2 is 1.84 bits per heavy atom. The number of hydrogen-bond acceptors (Lipinski definition) is 4. The smallest absolute Gasteiger partial charge is 0.267 e. The molecule has 0 bridgehead atoms. The fourth-order valence-corrected chi connectivity index (χ4v) is 2.93. The summed E-state index contributed by atoms with van der Waals surface area (Å²) in [5.41, 5.74) is 2.78. The molecule has 1 aromatic heterocycles. The van der Waals surface area contributed by atoms with Gasteiger partial charge in [-0.25, -0.2) is 4.68 Å². The van der Waals surface area contributed by atoms with Gasteiger partial charge in [0.25, 0.3) is 5.56 Å². The Balaban J connectivity index is 1.71. The van der Waals surface area contributed by atoms with Crippen LogP contribution < -0.4 is 16.2 Å². The van der Waals surface area contributed by atoms with Gasteiger partial charge in [0.1, 0.15) is 6.54 Å². The van der Waals surface area contributed by atoms with Crippen LogP contribution in [0.1, 0.15) is 31.0 Å². The normalized spacial score (nSPS) is 13.0. The number of rotatable bonds is 4. The number of nitrogens with zero attached hydrogens (tertiary/aromatic N) is 2. The van der Waals surface area contributed by atoms with E-state index in [1.54, 1.807) is 30.3 Å². The van der Waals surface area contributed by atoms with Crippen LogP contribution in [-0.4, -0.2) is 21.6 Å². The zero-order chi connectivity index (χ0) is 17.8. The van der Waals surface area contributed by atoms with Crippen molar-refractivity contribution >= 4 is 23.2 Å². The monoisotopic (exact) mass is 340 g/mol. The van der Waals surface area contributed by atoms with E-state index >= 15 is 0 Å². The number of hydrogen-bond donors (Lipinski definition) is 2. The molecule has 0 aliphatic heterocycles. The highest BCUT2D eigenvalue weighted by molar-refractivity contribution is 5.93. The molecule has 3 rings (SSSR count). The van der Waals surface area contributed by atoms with Crippen LogP contribution in [0.2, 0.25) is 0 Å². The van der Waals surface area contributed by atoms with Crippen LogP contribution in [0.4, 0.5) is 11.4 Å². The molecule has 130 valence electrons. The highest BCUT2D eigenvalue weighted by Gasteiger charge is 2.14. The Bertz CT molecular complexity index is 873. The molecule has 1 aliphatic carbocycles. The Labute approximate surface area is 145 Å². The van der Waals surface area contributed by atoms with E-state index in [0.717, 1.165) is 36.9 Å². The molecule has 2 aromatic rings. The zero-order valence-electron chi connectivity index (χ0n) is 14.0. The van der Waals surface area contributed by atoms with Crippen molar-refractivity contribution in [2.45, 2.75) is 39.2 Å². The lowest BCUT2D eigenvalue weighted by atomic mass is 9.97. The summed E-state index contributed by atoms with van der Waals surface area (Å²) in [6.45, 7) is 1.27. The number of fused-ring (bicyclic) bond motifs is 1. The predicted octanol–water partition coefficient (Wildman–Crippen LogP) is 1.72. The summed E-state index contributed by atoms with van der Waals surface area (Å²) >= 11 is 0. The van der Waals surface area contributed by atoms with Crippen molar-refractivity contribution in [2.24, 2.45) is 0 Å². The summed E-state index contributed by atoms with van der Waals surface area (Å²) in [7, 11) is 0. The molecule has 0 spiro atoms. The van der Waals surface area contributed by atoms with Gasteiger partial charge in [0.05, 0.1) is 5.69 Å². The van der Waals surface area contributed by atoms with Gasteiger partial charge in [-0.15, -0.1) is 0 Å². The summed E-state index contributed by atoms with van der Waals surface area (Å²) in [5.74, 6) is -0.529. The third-order valence-corrected chi connectivity index (χ3v) is 4.03. The van der Waals surface area contributed by atoms with Gasteiger partial charge in [0, 0.05) is 24.4 Å². The Kier molecular flexibility index (Phi) is 4.92. The van der Waals surface area contributed by atoms with Crippen LogP contribution in [0, 0.1) is 0 Å². The van der Waals surface area contributed by atoms with Gasteiger partial charge >= 0.3 is 0 Å². The van der Waals surface area contributed by atoms with E-state index in [-0.39, 0.29) is 23.9 Å². The van der Waals surface area contributed by atoms with Gasteiger partial charge in [-0.2, -0.15) is 5.10 Å². The van der Waals surface area contributed by atoms with Gasteiger partial charge in [0.15, 0.2) is 0 Å². The molecule has 0 unspecified atom stereocenters. The quantitative estimate of drug-likeness (QED) is 0.886. The first-order valence-electron chi connectivity index (χ1n) is 8.29. The second-order valence-corrected chi connectivity index (χ2v) is 6.13. The Morgan fingerprint density at radius 3 is 2.60 bits per heavy atom. The number of aryl methyl sites for hydroxylation is 2. The van der Waals surface area contributed by atoms with E-state index in [4.69, 9.17) is 0 Å². The first kappa shape index (κ1) is 16.9. The minimum absolute atomic E-state index is 0.142. The van der Waals surface area contributed by atoms with E-state index in [1.807, 2.05) is 0 Å². The summed E-state index contributed by atoms with van der Waals surface area (Å²) in [4.78, 5) is 35.5. The minimum atomic E-state index is -0.342. The van der Waals surface area contributed by atoms with E-state index in [9.17, 15) is 14.4 Å². The van der Waals surface area contributed by atoms with Crippen LogP contribution >= 0.6 is 0 Å². The second kappa shape index (κ2) is 7.29. The van der Waals surface area contributed by atoms with Crippen molar-refractivity contribution in [1.29, 1.82) is 0 Å². The lowest BCUT2D eigenvalue weighted by Crippen LogP contribution is -2.31. The minimum Gasteiger partial charge on any atom is -0.326 e. The number of carbonyl (C=O) groups is 2. The number of benzene rings is 1. The number of carbonyl (C=O) groups excluding carboxylic acids is 2. The second-order valence-electron chi connectivity index (χ2n) is 6.13. The fraction of sp³-hybridized carbons (Fsp3) is 0.333. The molecule has 7 nitrogen and oxygen atoms in total. The summed E-state index contributed by atoms with van der Waals surface area (Å²) < 4.78 is 1.21. The maximum atomic E-state index is 12.2. The van der Waals surface area contributed by atoms with Crippen LogP contribution in [0.3, 0.4) is 0 Å². The summed E-state index contributed by atoms with van der Waals surface area (Å²) in [5, 5.41) is 9.71. The summed E-state index contributed by atoms with van der Waals surface area (Å²) in [6.07, 6.45) is 3.85. The van der Waals surface area contributed by atoms with E-state index < -0.39 is 0 Å². The van der Waals surface area contributed by atoms with Gasteiger partial charge in [-0.05, 0) is 49.4 Å². The van der Waals surface area contributed by atoms with E-state index in [0.29, 0.717) is 11.4 Å². The van der Waals surface area contributed by atoms with Crippen LogP contribution in [0.25, 0.3) is 0 Å². The maximum absolute atomic E-state index is 12.2. The van der Waals surface area contributed by atoms with E-state index in [1.165, 1.54) is 11.6 Å². The Hall–Kier alpha value is -2.96.